The summed E-state index contributed by atoms with van der Waals surface area (Å²) in [6, 6.07) is 3.73. The lowest BCUT2D eigenvalue weighted by Gasteiger charge is -2.25. The lowest BCUT2D eigenvalue weighted by molar-refractivity contribution is 0.121. The number of aromatic nitrogens is 4. The van der Waals surface area contributed by atoms with Crippen molar-refractivity contribution in [3.05, 3.63) is 36.4 Å². The molecule has 172 valence electrons. The highest BCUT2D eigenvalue weighted by molar-refractivity contribution is 7.90. The van der Waals surface area contributed by atoms with Crippen LogP contribution in [0.25, 0.3) is 16.6 Å². The van der Waals surface area contributed by atoms with Crippen molar-refractivity contribution in [1.29, 1.82) is 0 Å². The summed E-state index contributed by atoms with van der Waals surface area (Å²) < 4.78 is 31.2. The summed E-state index contributed by atoms with van der Waals surface area (Å²) in [4.78, 5) is 8.81. The van der Waals surface area contributed by atoms with Gasteiger partial charge in [0.2, 0.25) is 5.95 Å². The SMILES string of the molecule is COC[C@H](C)Nc1ncc2c(-c3cncc(S(C)(=O)=O)c3)cc([C@H]3CC[C@H](O)CC3)n2n1. The van der Waals surface area contributed by atoms with E-state index in [1.807, 2.05) is 11.4 Å². The molecule has 1 saturated carbocycles. The smallest absolute Gasteiger partial charge is 0.241 e. The number of nitrogens with one attached hydrogen (secondary N) is 1. The molecule has 0 spiro atoms. The Morgan fingerprint density at radius 2 is 1.97 bits per heavy atom. The Labute approximate surface area is 187 Å². The zero-order chi connectivity index (χ0) is 22.9. The van der Waals surface area contributed by atoms with Gasteiger partial charge in [-0.25, -0.2) is 17.9 Å². The summed E-state index contributed by atoms with van der Waals surface area (Å²) in [5.41, 5.74) is 3.34. The number of rotatable bonds is 7. The van der Waals surface area contributed by atoms with Gasteiger partial charge in [0.1, 0.15) is 0 Å². The van der Waals surface area contributed by atoms with Crippen LogP contribution in [0.15, 0.2) is 35.6 Å². The first kappa shape index (κ1) is 22.6. The molecule has 32 heavy (non-hydrogen) atoms. The van der Waals surface area contributed by atoms with Crippen molar-refractivity contribution in [3.8, 4) is 11.1 Å². The van der Waals surface area contributed by atoms with Crippen molar-refractivity contribution >= 4 is 21.3 Å². The van der Waals surface area contributed by atoms with Gasteiger partial charge in [-0.05, 0) is 44.7 Å². The largest absolute Gasteiger partial charge is 0.393 e. The summed E-state index contributed by atoms with van der Waals surface area (Å²) in [6.07, 6.45) is 8.91. The third kappa shape index (κ3) is 4.77. The molecule has 1 atom stereocenters. The fraction of sp³-hybridized carbons (Fsp3) is 0.500. The van der Waals surface area contributed by atoms with Crippen LogP contribution in [0.5, 0.6) is 0 Å². The minimum atomic E-state index is -3.38. The Balaban J connectivity index is 1.81. The number of hydrogen-bond acceptors (Lipinski definition) is 8. The predicted octanol–water partition coefficient (Wildman–Crippen LogP) is 2.66. The van der Waals surface area contributed by atoms with E-state index in [-0.39, 0.29) is 23.0 Å². The van der Waals surface area contributed by atoms with Crippen LogP contribution in [0.3, 0.4) is 0 Å². The van der Waals surface area contributed by atoms with Gasteiger partial charge < -0.3 is 15.2 Å². The molecule has 2 N–H and O–H groups in total. The van der Waals surface area contributed by atoms with Crippen molar-refractivity contribution in [2.45, 2.75) is 55.6 Å². The van der Waals surface area contributed by atoms with E-state index in [1.165, 1.54) is 12.5 Å². The zero-order valence-corrected chi connectivity index (χ0v) is 19.3. The van der Waals surface area contributed by atoms with E-state index >= 15 is 0 Å². The monoisotopic (exact) mass is 459 g/mol. The molecule has 3 aromatic heterocycles. The molecule has 0 radical (unpaired) electrons. The molecule has 9 nitrogen and oxygen atoms in total. The first-order chi connectivity index (χ1) is 15.3. The van der Waals surface area contributed by atoms with Crippen LogP contribution < -0.4 is 5.32 Å². The summed E-state index contributed by atoms with van der Waals surface area (Å²) in [7, 11) is -1.73. The molecule has 0 saturated heterocycles. The normalized spacial score (nSPS) is 20.4. The number of ether oxygens (including phenoxy) is 1. The lowest BCUT2D eigenvalue weighted by atomic mass is 9.85. The van der Waals surface area contributed by atoms with E-state index in [2.05, 4.69) is 21.4 Å². The van der Waals surface area contributed by atoms with Gasteiger partial charge in [-0.3, -0.25) is 4.98 Å². The predicted molar refractivity (Wildman–Crippen MR) is 122 cm³/mol. The molecule has 10 heteroatoms. The number of methoxy groups -OCH3 is 1. The van der Waals surface area contributed by atoms with Crippen LogP contribution >= 0.6 is 0 Å². The minimum absolute atomic E-state index is 0.0383. The van der Waals surface area contributed by atoms with Crippen LogP contribution in [-0.2, 0) is 14.6 Å². The first-order valence-corrected chi connectivity index (χ1v) is 12.6. The molecule has 0 unspecified atom stereocenters. The third-order valence-corrected chi connectivity index (χ3v) is 6.98. The standard InChI is InChI=1S/C22H29N5O4S/c1-14(13-31-2)25-22-24-12-21-19(16-8-18(11-23-10-16)32(3,29)30)9-20(27(21)26-22)15-4-6-17(28)7-5-15/h8-12,14-15,17,28H,4-7,13H2,1-3H3,(H,25,26)/t14-,15-,17-/m0/s1. The summed E-state index contributed by atoms with van der Waals surface area (Å²) >= 11 is 0. The molecular weight excluding hydrogens is 430 g/mol. The second-order valence-corrected chi connectivity index (χ2v) is 10.6. The van der Waals surface area contributed by atoms with Gasteiger partial charge in [0.05, 0.1) is 29.3 Å². The second kappa shape index (κ2) is 9.13. The van der Waals surface area contributed by atoms with Crippen LogP contribution in [-0.4, -0.2) is 65.2 Å². The molecule has 0 bridgehead atoms. The highest BCUT2D eigenvalue weighted by Gasteiger charge is 2.26. The average Bonchev–Trinajstić information content (AvgIpc) is 3.13. The lowest BCUT2D eigenvalue weighted by Crippen LogP contribution is -2.23. The van der Waals surface area contributed by atoms with E-state index in [0.29, 0.717) is 18.1 Å². The van der Waals surface area contributed by atoms with Gasteiger partial charge in [0.25, 0.3) is 0 Å². The maximum Gasteiger partial charge on any atom is 0.241 e. The topological polar surface area (TPSA) is 119 Å². The fourth-order valence-electron chi connectivity index (χ4n) is 4.26. The fourth-order valence-corrected chi connectivity index (χ4v) is 4.85. The van der Waals surface area contributed by atoms with Gasteiger partial charge in [0, 0.05) is 54.5 Å². The van der Waals surface area contributed by atoms with Gasteiger partial charge in [-0.1, -0.05) is 0 Å². The van der Waals surface area contributed by atoms with Crippen LogP contribution in [0, 0.1) is 0 Å². The van der Waals surface area contributed by atoms with Crippen molar-refractivity contribution in [1.82, 2.24) is 19.6 Å². The Bertz CT molecular complexity index is 1200. The van der Waals surface area contributed by atoms with Gasteiger partial charge in [-0.2, -0.15) is 0 Å². The van der Waals surface area contributed by atoms with Gasteiger partial charge >= 0.3 is 0 Å². The van der Waals surface area contributed by atoms with E-state index < -0.39 is 9.84 Å². The van der Waals surface area contributed by atoms with E-state index in [9.17, 15) is 13.5 Å². The highest BCUT2D eigenvalue weighted by Crippen LogP contribution is 2.37. The van der Waals surface area contributed by atoms with Gasteiger partial charge in [-0.15, -0.1) is 5.10 Å². The summed E-state index contributed by atoms with van der Waals surface area (Å²) in [5.74, 6) is 0.731. The van der Waals surface area contributed by atoms with Crippen LogP contribution in [0.4, 0.5) is 5.95 Å². The first-order valence-electron chi connectivity index (χ1n) is 10.7. The minimum Gasteiger partial charge on any atom is -0.393 e. The molecule has 4 rings (SSSR count). The molecule has 1 aliphatic carbocycles. The average molecular weight is 460 g/mol. The molecule has 3 heterocycles. The molecule has 3 aromatic rings. The summed E-state index contributed by atoms with van der Waals surface area (Å²) in [6.45, 7) is 2.51. The van der Waals surface area contributed by atoms with E-state index in [4.69, 9.17) is 9.84 Å². The number of sulfone groups is 1. The van der Waals surface area contributed by atoms with Crippen molar-refractivity contribution in [2.24, 2.45) is 0 Å². The van der Waals surface area contributed by atoms with Crippen molar-refractivity contribution in [2.75, 3.05) is 25.3 Å². The number of nitrogens with zero attached hydrogens (tertiary/aromatic N) is 4. The third-order valence-electron chi connectivity index (χ3n) is 5.90. The molecule has 0 amide bonds. The summed E-state index contributed by atoms with van der Waals surface area (Å²) in [5, 5.41) is 17.9. The molecule has 1 fully saturated rings. The number of aliphatic hydroxyl groups is 1. The Hall–Kier alpha value is -2.56. The number of hydrogen-bond donors (Lipinski definition) is 2. The number of aliphatic hydroxyl groups excluding tert-OH is 1. The zero-order valence-electron chi connectivity index (χ0n) is 18.5. The quantitative estimate of drug-likeness (QED) is 0.554. The van der Waals surface area contributed by atoms with Crippen molar-refractivity contribution in [3.63, 3.8) is 0 Å². The molecule has 0 aliphatic heterocycles. The second-order valence-electron chi connectivity index (χ2n) is 8.55. The highest BCUT2D eigenvalue weighted by atomic mass is 32.2. The maximum atomic E-state index is 12.1. The maximum absolute atomic E-state index is 12.1. The van der Waals surface area contributed by atoms with E-state index in [0.717, 1.165) is 42.5 Å². The molecular formula is C22H29N5O4S. The van der Waals surface area contributed by atoms with Crippen LogP contribution in [0.2, 0.25) is 0 Å². The number of fused-ring (bicyclic) bond motifs is 1. The molecule has 1 aliphatic rings. The van der Waals surface area contributed by atoms with Crippen molar-refractivity contribution < 1.29 is 18.3 Å². The van der Waals surface area contributed by atoms with Crippen LogP contribution in [0.1, 0.15) is 44.2 Å². The Morgan fingerprint density at radius 1 is 1.22 bits per heavy atom. The van der Waals surface area contributed by atoms with Gasteiger partial charge in [0.15, 0.2) is 9.84 Å². The number of anilines is 1. The molecule has 0 aromatic carbocycles. The Morgan fingerprint density at radius 3 is 2.66 bits per heavy atom. The van der Waals surface area contributed by atoms with E-state index in [1.54, 1.807) is 25.6 Å². The Kier molecular flexibility index (Phi) is 6.45. The number of pyridine rings is 1.